The van der Waals surface area contributed by atoms with E-state index in [-0.39, 0.29) is 12.3 Å². The largest absolute Gasteiger partial charge is 0.497 e. The van der Waals surface area contributed by atoms with Gasteiger partial charge in [-0.1, -0.05) is 0 Å². The number of nitrogens with two attached hydrogens (primary N) is 1. The van der Waals surface area contributed by atoms with Crippen LogP contribution in [0, 0.1) is 0 Å². The fraction of sp³-hybridized carbons (Fsp3) is 0.462. The van der Waals surface area contributed by atoms with Gasteiger partial charge in [-0.2, -0.15) is 0 Å². The van der Waals surface area contributed by atoms with Crippen molar-refractivity contribution in [1.82, 2.24) is 0 Å². The van der Waals surface area contributed by atoms with E-state index in [1.165, 1.54) is 0 Å². The molecule has 1 aromatic carbocycles. The summed E-state index contributed by atoms with van der Waals surface area (Å²) in [5.74, 6) is 0.515. The zero-order chi connectivity index (χ0) is 13.8. The van der Waals surface area contributed by atoms with Crippen LogP contribution in [0.1, 0.15) is 20.3 Å². The third kappa shape index (κ3) is 3.92. The van der Waals surface area contributed by atoms with Crippen molar-refractivity contribution in [2.24, 2.45) is 0 Å². The van der Waals surface area contributed by atoms with Crippen molar-refractivity contribution in [2.45, 2.75) is 25.9 Å². The SMILES string of the molecule is COc1ccc(NC(=O)CC(C)(C)OC)c(N)c1. The molecule has 0 aliphatic heterocycles. The molecule has 18 heavy (non-hydrogen) atoms. The molecule has 0 heterocycles. The van der Waals surface area contributed by atoms with Crippen LogP contribution in [0.5, 0.6) is 5.75 Å². The molecule has 3 N–H and O–H groups in total. The first kappa shape index (κ1) is 14.3. The first-order valence-corrected chi connectivity index (χ1v) is 5.66. The maximum absolute atomic E-state index is 11.8. The smallest absolute Gasteiger partial charge is 0.227 e. The second kappa shape index (κ2) is 5.73. The lowest BCUT2D eigenvalue weighted by atomic mass is 10.0. The molecule has 0 bridgehead atoms. The Hall–Kier alpha value is -1.75. The number of amides is 1. The Bertz CT molecular complexity index is 430. The van der Waals surface area contributed by atoms with E-state index < -0.39 is 5.60 Å². The van der Waals surface area contributed by atoms with Crippen LogP contribution in [0.4, 0.5) is 11.4 Å². The van der Waals surface area contributed by atoms with E-state index in [4.69, 9.17) is 15.2 Å². The molecule has 5 nitrogen and oxygen atoms in total. The molecule has 0 fully saturated rings. The quantitative estimate of drug-likeness (QED) is 0.786. The van der Waals surface area contributed by atoms with E-state index >= 15 is 0 Å². The Morgan fingerprint density at radius 2 is 2.06 bits per heavy atom. The molecule has 0 saturated heterocycles. The maximum atomic E-state index is 11.8. The van der Waals surface area contributed by atoms with Crippen LogP contribution in [0.25, 0.3) is 0 Å². The van der Waals surface area contributed by atoms with E-state index in [9.17, 15) is 4.79 Å². The van der Waals surface area contributed by atoms with Gasteiger partial charge in [-0.05, 0) is 26.0 Å². The highest BCUT2D eigenvalue weighted by atomic mass is 16.5. The monoisotopic (exact) mass is 252 g/mol. The highest BCUT2D eigenvalue weighted by Gasteiger charge is 2.21. The average molecular weight is 252 g/mol. The molecule has 0 spiro atoms. The number of methoxy groups -OCH3 is 2. The summed E-state index contributed by atoms with van der Waals surface area (Å²) in [7, 11) is 3.14. The predicted molar refractivity (Wildman–Crippen MR) is 71.7 cm³/mol. The van der Waals surface area contributed by atoms with Crippen molar-refractivity contribution in [3.63, 3.8) is 0 Å². The highest BCUT2D eigenvalue weighted by Crippen LogP contribution is 2.24. The van der Waals surface area contributed by atoms with Crippen LogP contribution in [-0.2, 0) is 9.53 Å². The molecule has 5 heteroatoms. The number of hydrogen-bond acceptors (Lipinski definition) is 4. The zero-order valence-corrected chi connectivity index (χ0v) is 11.2. The minimum atomic E-state index is -0.495. The summed E-state index contributed by atoms with van der Waals surface area (Å²) in [5.41, 5.74) is 6.37. The maximum Gasteiger partial charge on any atom is 0.227 e. The molecule has 0 radical (unpaired) electrons. The first-order chi connectivity index (χ1) is 8.38. The molecule has 0 atom stereocenters. The summed E-state index contributed by atoms with van der Waals surface area (Å²) in [4.78, 5) is 11.8. The van der Waals surface area contributed by atoms with Crippen LogP contribution in [0.3, 0.4) is 0 Å². The third-order valence-corrected chi connectivity index (χ3v) is 2.67. The van der Waals surface area contributed by atoms with E-state index in [0.717, 1.165) is 0 Å². The number of hydrogen-bond donors (Lipinski definition) is 2. The zero-order valence-electron chi connectivity index (χ0n) is 11.2. The normalized spacial score (nSPS) is 11.1. The van der Waals surface area contributed by atoms with Gasteiger partial charge in [-0.15, -0.1) is 0 Å². The van der Waals surface area contributed by atoms with Gasteiger partial charge in [0.1, 0.15) is 5.75 Å². The van der Waals surface area contributed by atoms with Gasteiger partial charge in [-0.25, -0.2) is 0 Å². The van der Waals surface area contributed by atoms with Gasteiger partial charge in [0.25, 0.3) is 0 Å². The Labute approximate surface area is 107 Å². The number of benzene rings is 1. The summed E-state index contributed by atoms with van der Waals surface area (Å²) in [5, 5.41) is 2.75. The summed E-state index contributed by atoms with van der Waals surface area (Å²) >= 11 is 0. The van der Waals surface area contributed by atoms with E-state index in [2.05, 4.69) is 5.32 Å². The van der Waals surface area contributed by atoms with Crippen molar-refractivity contribution in [3.8, 4) is 5.75 Å². The van der Waals surface area contributed by atoms with E-state index in [0.29, 0.717) is 17.1 Å². The number of ether oxygens (including phenoxy) is 2. The van der Waals surface area contributed by atoms with Crippen LogP contribution >= 0.6 is 0 Å². The fourth-order valence-electron chi connectivity index (χ4n) is 1.43. The molecule has 0 unspecified atom stereocenters. The minimum absolute atomic E-state index is 0.140. The lowest BCUT2D eigenvalue weighted by Gasteiger charge is -2.22. The molecule has 0 aliphatic rings. The van der Waals surface area contributed by atoms with Gasteiger partial charge in [0.2, 0.25) is 5.91 Å². The highest BCUT2D eigenvalue weighted by molar-refractivity contribution is 5.94. The molecule has 1 aromatic rings. The molecule has 100 valence electrons. The fourth-order valence-corrected chi connectivity index (χ4v) is 1.43. The minimum Gasteiger partial charge on any atom is -0.497 e. The first-order valence-electron chi connectivity index (χ1n) is 5.66. The van der Waals surface area contributed by atoms with Crippen molar-refractivity contribution < 1.29 is 14.3 Å². The van der Waals surface area contributed by atoms with Crippen LogP contribution in [-0.4, -0.2) is 25.7 Å². The van der Waals surface area contributed by atoms with Crippen molar-refractivity contribution in [3.05, 3.63) is 18.2 Å². The lowest BCUT2D eigenvalue weighted by molar-refractivity contribution is -0.121. The summed E-state index contributed by atoms with van der Waals surface area (Å²) in [6, 6.07) is 5.12. The van der Waals surface area contributed by atoms with Gasteiger partial charge in [-0.3, -0.25) is 4.79 Å². The van der Waals surface area contributed by atoms with Crippen molar-refractivity contribution in [1.29, 1.82) is 0 Å². The standard InChI is InChI=1S/C13H20N2O3/c1-13(2,18-4)8-12(16)15-11-6-5-9(17-3)7-10(11)14/h5-7H,8,14H2,1-4H3,(H,15,16). The Kier molecular flexibility index (Phi) is 4.55. The van der Waals surface area contributed by atoms with Crippen molar-refractivity contribution in [2.75, 3.05) is 25.3 Å². The van der Waals surface area contributed by atoms with E-state index in [1.807, 2.05) is 13.8 Å². The van der Waals surface area contributed by atoms with Crippen molar-refractivity contribution >= 4 is 17.3 Å². The van der Waals surface area contributed by atoms with Crippen LogP contribution in [0.15, 0.2) is 18.2 Å². The third-order valence-electron chi connectivity index (χ3n) is 2.67. The van der Waals surface area contributed by atoms with E-state index in [1.54, 1.807) is 32.4 Å². The van der Waals surface area contributed by atoms with Gasteiger partial charge >= 0.3 is 0 Å². The average Bonchev–Trinajstić information content (AvgIpc) is 2.31. The summed E-state index contributed by atoms with van der Waals surface area (Å²) in [6.45, 7) is 3.70. The Morgan fingerprint density at radius 3 is 2.56 bits per heavy atom. The number of anilines is 2. The van der Waals surface area contributed by atoms with Gasteiger partial charge in [0, 0.05) is 13.2 Å². The number of carbonyl (C=O) groups excluding carboxylic acids is 1. The summed E-state index contributed by atoms with van der Waals surface area (Å²) in [6.07, 6.45) is 0.259. The second-order valence-electron chi connectivity index (χ2n) is 4.64. The molecule has 0 aromatic heterocycles. The molecule has 1 rings (SSSR count). The Balaban J connectivity index is 2.71. The van der Waals surface area contributed by atoms with Gasteiger partial charge in [0.05, 0.1) is 30.5 Å². The molecule has 1 amide bonds. The second-order valence-corrected chi connectivity index (χ2v) is 4.64. The van der Waals surface area contributed by atoms with Crippen LogP contribution < -0.4 is 15.8 Å². The molecular weight excluding hydrogens is 232 g/mol. The molecule has 0 aliphatic carbocycles. The Morgan fingerprint density at radius 1 is 1.39 bits per heavy atom. The molecule has 0 saturated carbocycles. The number of nitrogens with one attached hydrogen (secondary N) is 1. The summed E-state index contributed by atoms with van der Waals surface area (Å²) < 4.78 is 10.2. The topological polar surface area (TPSA) is 73.6 Å². The number of nitrogen functional groups attached to an aromatic ring is 1. The van der Waals surface area contributed by atoms with Crippen LogP contribution in [0.2, 0.25) is 0 Å². The number of rotatable bonds is 5. The van der Waals surface area contributed by atoms with Gasteiger partial charge in [0.15, 0.2) is 0 Å². The number of carbonyl (C=O) groups is 1. The lowest BCUT2D eigenvalue weighted by Crippen LogP contribution is -2.29. The molecular formula is C13H20N2O3. The van der Waals surface area contributed by atoms with Gasteiger partial charge < -0.3 is 20.5 Å². The predicted octanol–water partition coefficient (Wildman–Crippen LogP) is 2.03.